The van der Waals surface area contributed by atoms with Crippen LogP contribution in [-0.4, -0.2) is 13.2 Å². The van der Waals surface area contributed by atoms with Gasteiger partial charge in [-0.2, -0.15) is 0 Å². The lowest BCUT2D eigenvalue weighted by molar-refractivity contribution is 0.169. The Hall–Kier alpha value is -0.930. The molecule has 0 radical (unpaired) electrons. The monoisotopic (exact) mass is 269 g/mol. The van der Waals surface area contributed by atoms with Crippen molar-refractivity contribution in [2.45, 2.75) is 39.2 Å². The zero-order valence-electron chi connectivity index (χ0n) is 11.3. The second kappa shape index (κ2) is 4.63. The maximum Gasteiger partial charge on any atom is 0.165 e. The zero-order chi connectivity index (χ0) is 13.5. The van der Waals surface area contributed by atoms with Crippen molar-refractivity contribution < 1.29 is 9.47 Å². The first kappa shape index (κ1) is 13.5. The lowest BCUT2D eigenvalue weighted by Gasteiger charge is -2.31. The van der Waals surface area contributed by atoms with Gasteiger partial charge >= 0.3 is 0 Å². The van der Waals surface area contributed by atoms with E-state index in [2.05, 4.69) is 13.8 Å². The summed E-state index contributed by atoms with van der Waals surface area (Å²) in [6.07, 6.45) is 0. The van der Waals surface area contributed by atoms with Crippen molar-refractivity contribution in [1.82, 2.24) is 0 Å². The Bertz CT molecular complexity index is 464. The van der Waals surface area contributed by atoms with Gasteiger partial charge in [0.2, 0.25) is 0 Å². The quantitative estimate of drug-likeness (QED) is 0.895. The van der Waals surface area contributed by atoms with E-state index in [1.54, 1.807) is 0 Å². The number of fused-ring (bicyclic) bond motifs is 1. The average Bonchev–Trinajstić information content (AvgIpc) is 2.25. The van der Waals surface area contributed by atoms with Gasteiger partial charge < -0.3 is 15.2 Å². The molecule has 0 bridgehead atoms. The summed E-state index contributed by atoms with van der Waals surface area (Å²) in [5.41, 5.74) is 7.75. The van der Waals surface area contributed by atoms with Crippen LogP contribution in [0, 0.1) is 0 Å². The third-order valence-corrected chi connectivity index (χ3v) is 3.34. The fourth-order valence-corrected chi connectivity index (χ4v) is 2.83. The minimum atomic E-state index is -0.507. The third-order valence-electron chi connectivity index (χ3n) is 3.04. The van der Waals surface area contributed by atoms with Gasteiger partial charge in [0.15, 0.2) is 11.5 Å². The molecule has 4 heteroatoms. The summed E-state index contributed by atoms with van der Waals surface area (Å²) in [5.74, 6) is 1.80. The number of benzene rings is 1. The van der Waals surface area contributed by atoms with Gasteiger partial charge in [0, 0.05) is 22.2 Å². The Kier molecular flexibility index (Phi) is 3.47. The van der Waals surface area contributed by atoms with E-state index in [9.17, 15) is 0 Å². The molecule has 3 nitrogen and oxygen atoms in total. The van der Waals surface area contributed by atoms with Crippen LogP contribution in [0.2, 0.25) is 5.02 Å². The highest BCUT2D eigenvalue weighted by Gasteiger charge is 2.30. The van der Waals surface area contributed by atoms with Crippen LogP contribution in [-0.2, 0) is 5.54 Å². The summed E-state index contributed by atoms with van der Waals surface area (Å²) >= 11 is 6.38. The van der Waals surface area contributed by atoms with Gasteiger partial charge in [0.25, 0.3) is 0 Å². The third kappa shape index (κ3) is 2.29. The van der Waals surface area contributed by atoms with Crippen molar-refractivity contribution in [2.75, 3.05) is 13.2 Å². The number of halogens is 1. The van der Waals surface area contributed by atoms with E-state index in [1.807, 2.05) is 19.9 Å². The van der Waals surface area contributed by atoms with E-state index in [-0.39, 0.29) is 5.92 Å². The molecule has 18 heavy (non-hydrogen) atoms. The normalized spacial score (nSPS) is 15.1. The predicted molar refractivity (Wildman–Crippen MR) is 73.7 cm³/mol. The summed E-state index contributed by atoms with van der Waals surface area (Å²) in [6.45, 7) is 9.26. The molecular weight excluding hydrogens is 250 g/mol. The van der Waals surface area contributed by atoms with Gasteiger partial charge in [-0.3, -0.25) is 0 Å². The van der Waals surface area contributed by atoms with Crippen LogP contribution >= 0.6 is 11.6 Å². The number of rotatable bonds is 2. The molecule has 2 rings (SSSR count). The van der Waals surface area contributed by atoms with Crippen LogP contribution in [0.1, 0.15) is 44.7 Å². The molecule has 0 atom stereocenters. The molecule has 0 amide bonds. The highest BCUT2D eigenvalue weighted by molar-refractivity contribution is 6.31. The van der Waals surface area contributed by atoms with E-state index >= 15 is 0 Å². The second-order valence-corrected chi connectivity index (χ2v) is 5.95. The van der Waals surface area contributed by atoms with E-state index in [0.29, 0.717) is 18.2 Å². The highest BCUT2D eigenvalue weighted by Crippen LogP contribution is 2.46. The zero-order valence-corrected chi connectivity index (χ0v) is 12.1. The molecule has 2 N–H and O–H groups in total. The first-order chi connectivity index (χ1) is 8.32. The minimum absolute atomic E-state index is 0.275. The summed E-state index contributed by atoms with van der Waals surface area (Å²) in [4.78, 5) is 0. The molecule has 1 aromatic rings. The van der Waals surface area contributed by atoms with Crippen molar-refractivity contribution in [3.63, 3.8) is 0 Å². The maximum atomic E-state index is 6.38. The first-order valence-corrected chi connectivity index (χ1v) is 6.61. The lowest BCUT2D eigenvalue weighted by Crippen LogP contribution is -2.31. The fourth-order valence-electron chi connectivity index (χ4n) is 2.38. The van der Waals surface area contributed by atoms with Crippen LogP contribution in [0.15, 0.2) is 6.07 Å². The van der Waals surface area contributed by atoms with E-state index in [4.69, 9.17) is 26.8 Å². The number of nitrogens with two attached hydrogens (primary N) is 1. The summed E-state index contributed by atoms with van der Waals surface area (Å²) in [7, 11) is 0. The first-order valence-electron chi connectivity index (χ1n) is 6.23. The van der Waals surface area contributed by atoms with E-state index < -0.39 is 5.54 Å². The summed E-state index contributed by atoms with van der Waals surface area (Å²) < 4.78 is 11.4. The lowest BCUT2D eigenvalue weighted by atomic mass is 9.85. The molecule has 0 spiro atoms. The Labute approximate surface area is 113 Å². The van der Waals surface area contributed by atoms with Crippen LogP contribution in [0.5, 0.6) is 11.5 Å². The highest BCUT2D eigenvalue weighted by atomic mass is 35.5. The van der Waals surface area contributed by atoms with Crippen molar-refractivity contribution in [3.05, 3.63) is 22.2 Å². The molecule has 0 saturated carbocycles. The van der Waals surface area contributed by atoms with Crippen molar-refractivity contribution in [1.29, 1.82) is 0 Å². The van der Waals surface area contributed by atoms with Crippen molar-refractivity contribution >= 4 is 11.6 Å². The van der Waals surface area contributed by atoms with Crippen molar-refractivity contribution in [2.24, 2.45) is 5.73 Å². The Morgan fingerprint density at radius 3 is 2.44 bits per heavy atom. The molecule has 0 unspecified atom stereocenters. The van der Waals surface area contributed by atoms with Crippen LogP contribution in [0.3, 0.4) is 0 Å². The van der Waals surface area contributed by atoms with Gasteiger partial charge in [0.05, 0.1) is 0 Å². The predicted octanol–water partition coefficient (Wildman–Crippen LogP) is 3.43. The number of hydrogen-bond acceptors (Lipinski definition) is 3. The smallest absolute Gasteiger partial charge is 0.165 e. The molecule has 0 saturated heterocycles. The molecule has 1 aromatic carbocycles. The molecule has 0 fully saturated rings. The Morgan fingerprint density at radius 2 is 1.89 bits per heavy atom. The second-order valence-electron chi connectivity index (χ2n) is 5.55. The van der Waals surface area contributed by atoms with Crippen LogP contribution < -0.4 is 15.2 Å². The van der Waals surface area contributed by atoms with Gasteiger partial charge in [0.1, 0.15) is 13.2 Å². The van der Waals surface area contributed by atoms with E-state index in [0.717, 1.165) is 22.6 Å². The van der Waals surface area contributed by atoms with Crippen LogP contribution in [0.25, 0.3) is 0 Å². The van der Waals surface area contributed by atoms with Gasteiger partial charge in [-0.1, -0.05) is 25.4 Å². The topological polar surface area (TPSA) is 44.5 Å². The molecule has 1 aliphatic heterocycles. The van der Waals surface area contributed by atoms with Gasteiger partial charge in [-0.15, -0.1) is 0 Å². The summed E-state index contributed by atoms with van der Waals surface area (Å²) in [6, 6.07) is 1.81. The maximum absolute atomic E-state index is 6.38. The Morgan fingerprint density at radius 1 is 1.28 bits per heavy atom. The minimum Gasteiger partial charge on any atom is -0.486 e. The van der Waals surface area contributed by atoms with Crippen LogP contribution in [0.4, 0.5) is 0 Å². The largest absolute Gasteiger partial charge is 0.486 e. The average molecular weight is 270 g/mol. The van der Waals surface area contributed by atoms with Gasteiger partial charge in [-0.25, -0.2) is 0 Å². The Balaban J connectivity index is 2.73. The fraction of sp³-hybridized carbons (Fsp3) is 0.571. The molecule has 1 aliphatic rings. The molecule has 1 heterocycles. The van der Waals surface area contributed by atoms with E-state index in [1.165, 1.54) is 0 Å². The standard InChI is InChI=1S/C14H20ClNO2/c1-8(2)11-12(14(3,4)16)9(15)7-10-13(11)18-6-5-17-10/h7-8H,5-6,16H2,1-4H3. The molecule has 0 aliphatic carbocycles. The number of hydrogen-bond donors (Lipinski definition) is 1. The van der Waals surface area contributed by atoms with Gasteiger partial charge in [-0.05, 0) is 25.3 Å². The molecule has 100 valence electrons. The molecular formula is C14H20ClNO2. The van der Waals surface area contributed by atoms with Crippen molar-refractivity contribution in [3.8, 4) is 11.5 Å². The number of ether oxygens (including phenoxy) is 2. The SMILES string of the molecule is CC(C)c1c2c(cc(Cl)c1C(C)(C)N)OCCO2. The summed E-state index contributed by atoms with van der Waals surface area (Å²) in [5, 5.41) is 0.649. The molecule has 0 aromatic heterocycles.